The Hall–Kier alpha value is -4.97. The Bertz CT molecular complexity index is 1670. The first-order chi connectivity index (χ1) is 19.7. The molecule has 6 nitrogen and oxygen atoms in total. The summed E-state index contributed by atoms with van der Waals surface area (Å²) in [5.74, 6) is -0.261. The van der Waals surface area contributed by atoms with Gasteiger partial charge in [-0.25, -0.2) is 4.79 Å². The van der Waals surface area contributed by atoms with Crippen LogP contribution in [0.25, 0.3) is 21.9 Å². The maximum atomic E-state index is 13.0. The van der Waals surface area contributed by atoms with Gasteiger partial charge in [0, 0.05) is 18.0 Å². The topological polar surface area (TPSA) is 88.5 Å². The molecule has 41 heavy (non-hydrogen) atoms. The van der Waals surface area contributed by atoms with E-state index in [0.29, 0.717) is 5.75 Å². The van der Waals surface area contributed by atoms with E-state index in [1.54, 1.807) is 12.3 Å². The highest BCUT2D eigenvalue weighted by molar-refractivity contribution is 5.98. The average Bonchev–Trinajstić information content (AvgIpc) is 2.97. The van der Waals surface area contributed by atoms with Crippen molar-refractivity contribution in [2.75, 3.05) is 0 Å². The number of fused-ring (bicyclic) bond motifs is 1. The number of amides is 1. The van der Waals surface area contributed by atoms with Gasteiger partial charge in [-0.05, 0) is 63.4 Å². The number of carboxylic acids is 1. The summed E-state index contributed by atoms with van der Waals surface area (Å²) in [5.41, 5.74) is 4.37. The number of rotatable bonds is 8. The van der Waals surface area contributed by atoms with Gasteiger partial charge in [0.2, 0.25) is 0 Å². The van der Waals surface area contributed by atoms with Crippen LogP contribution < -0.4 is 10.1 Å². The van der Waals surface area contributed by atoms with Gasteiger partial charge in [-0.15, -0.1) is 0 Å². The molecular formula is C35H32N2O4. The molecule has 6 heteroatoms. The van der Waals surface area contributed by atoms with E-state index < -0.39 is 17.9 Å². The van der Waals surface area contributed by atoms with Crippen molar-refractivity contribution in [3.05, 3.63) is 126 Å². The maximum absolute atomic E-state index is 13.0. The fourth-order valence-electron chi connectivity index (χ4n) is 4.60. The third-order valence-electron chi connectivity index (χ3n) is 6.99. The number of carboxylic acid groups (broad SMARTS) is 1. The molecule has 0 radical (unpaired) electrons. The highest BCUT2D eigenvalue weighted by Gasteiger charge is 2.22. The molecular weight excluding hydrogens is 512 g/mol. The van der Waals surface area contributed by atoms with Gasteiger partial charge in [-0.2, -0.15) is 0 Å². The van der Waals surface area contributed by atoms with E-state index in [9.17, 15) is 14.7 Å². The zero-order valence-electron chi connectivity index (χ0n) is 23.3. The summed E-state index contributed by atoms with van der Waals surface area (Å²) < 4.78 is 6.03. The quantitative estimate of drug-likeness (QED) is 0.212. The number of hydrogen-bond donors (Lipinski definition) is 2. The molecule has 5 rings (SSSR count). The number of nitrogens with zero attached hydrogens (tertiary/aromatic N) is 1. The third kappa shape index (κ3) is 6.79. The second kappa shape index (κ2) is 11.6. The number of benzene rings is 4. The zero-order chi connectivity index (χ0) is 29.0. The number of hydrogen-bond acceptors (Lipinski definition) is 4. The number of ether oxygens (including phenoxy) is 1. The smallest absolute Gasteiger partial charge is 0.326 e. The highest BCUT2D eigenvalue weighted by Crippen LogP contribution is 2.29. The minimum Gasteiger partial charge on any atom is -0.480 e. The third-order valence-corrected chi connectivity index (χ3v) is 6.99. The number of nitrogens with one attached hydrogen (secondary N) is 1. The monoisotopic (exact) mass is 544 g/mol. The molecule has 1 amide bonds. The first-order valence-corrected chi connectivity index (χ1v) is 13.5. The lowest BCUT2D eigenvalue weighted by atomic mass is 9.87. The molecule has 0 unspecified atom stereocenters. The predicted molar refractivity (Wildman–Crippen MR) is 161 cm³/mol. The molecule has 0 aliphatic rings. The van der Waals surface area contributed by atoms with Crippen LogP contribution in [-0.2, 0) is 16.6 Å². The summed E-state index contributed by atoms with van der Waals surface area (Å²) >= 11 is 0. The molecule has 0 spiro atoms. The molecule has 1 atom stereocenters. The first-order valence-electron chi connectivity index (χ1n) is 13.5. The first kappa shape index (κ1) is 27.6. The minimum atomic E-state index is -1.11. The zero-order valence-corrected chi connectivity index (χ0v) is 23.3. The van der Waals surface area contributed by atoms with Crippen molar-refractivity contribution < 1.29 is 19.4 Å². The van der Waals surface area contributed by atoms with Crippen LogP contribution in [0.4, 0.5) is 0 Å². The molecule has 5 aromatic rings. The van der Waals surface area contributed by atoms with Crippen LogP contribution in [0.15, 0.2) is 109 Å². The van der Waals surface area contributed by atoms with Gasteiger partial charge >= 0.3 is 5.97 Å². The van der Waals surface area contributed by atoms with Crippen molar-refractivity contribution in [2.45, 2.75) is 38.6 Å². The van der Waals surface area contributed by atoms with Crippen molar-refractivity contribution in [3.8, 4) is 22.6 Å². The fourth-order valence-corrected chi connectivity index (χ4v) is 4.60. The van der Waals surface area contributed by atoms with Crippen molar-refractivity contribution in [2.24, 2.45) is 0 Å². The van der Waals surface area contributed by atoms with Gasteiger partial charge in [-0.1, -0.05) is 93.6 Å². The second-order valence-corrected chi connectivity index (χ2v) is 11.1. The van der Waals surface area contributed by atoms with Crippen LogP contribution in [0.2, 0.25) is 0 Å². The summed E-state index contributed by atoms with van der Waals surface area (Å²) in [4.78, 5) is 29.3. The van der Waals surface area contributed by atoms with Crippen LogP contribution >= 0.6 is 0 Å². The molecule has 1 aromatic heterocycles. The molecule has 1 heterocycles. The number of aliphatic carboxylic acids is 1. The molecule has 0 saturated heterocycles. The summed E-state index contributed by atoms with van der Waals surface area (Å²) in [6.07, 6.45) is 1.75. The summed E-state index contributed by atoms with van der Waals surface area (Å²) in [6.45, 7) is 6.50. The Morgan fingerprint density at radius 1 is 0.805 bits per heavy atom. The molecule has 0 bridgehead atoms. The lowest BCUT2D eigenvalue weighted by Gasteiger charge is -2.19. The normalized spacial score (nSPS) is 12.1. The number of carbonyl (C=O) groups is 2. The lowest BCUT2D eigenvalue weighted by Crippen LogP contribution is -2.42. The van der Waals surface area contributed by atoms with Crippen LogP contribution in [0.1, 0.15) is 42.4 Å². The Kier molecular flexibility index (Phi) is 7.83. The summed E-state index contributed by atoms with van der Waals surface area (Å²) in [7, 11) is 0. The standard InChI is InChI=1S/C35H32N2O4/c1-35(2,3)28-14-17-29(18-15-28)41-30-16-13-26-21-31(36-22-27(26)20-30)33(38)37-32(34(39)40)19-23-9-11-25(12-10-23)24-7-5-4-6-8-24/h4-18,20-22,32H,19H2,1-3H3,(H,37,38)(H,39,40)/t32-/m1/s1. The average molecular weight is 545 g/mol. The van der Waals surface area contributed by atoms with E-state index in [4.69, 9.17) is 4.74 Å². The van der Waals surface area contributed by atoms with Crippen molar-refractivity contribution >= 4 is 22.6 Å². The van der Waals surface area contributed by atoms with E-state index in [1.165, 1.54) is 5.56 Å². The molecule has 0 fully saturated rings. The summed E-state index contributed by atoms with van der Waals surface area (Å²) in [6, 6.07) is 31.8. The SMILES string of the molecule is CC(C)(C)c1ccc(Oc2ccc3cc(C(=O)N[C@H](Cc4ccc(-c5ccccc5)cc4)C(=O)O)ncc3c2)cc1. The second-order valence-electron chi connectivity index (χ2n) is 11.1. The van der Waals surface area contributed by atoms with Crippen molar-refractivity contribution in [3.63, 3.8) is 0 Å². The predicted octanol–water partition coefficient (Wildman–Crippen LogP) is 7.42. The minimum absolute atomic E-state index is 0.0652. The lowest BCUT2D eigenvalue weighted by molar-refractivity contribution is -0.139. The molecule has 0 saturated carbocycles. The molecule has 206 valence electrons. The van der Waals surface area contributed by atoms with Gasteiger partial charge in [0.25, 0.3) is 5.91 Å². The van der Waals surface area contributed by atoms with E-state index in [-0.39, 0.29) is 17.5 Å². The van der Waals surface area contributed by atoms with Crippen molar-refractivity contribution in [1.29, 1.82) is 0 Å². The fraction of sp³-hybridized carbons (Fsp3) is 0.171. The number of carbonyl (C=O) groups excluding carboxylic acids is 1. The van der Waals surface area contributed by atoms with Crippen LogP contribution in [0, 0.1) is 0 Å². The number of aromatic nitrogens is 1. The number of pyridine rings is 1. The van der Waals surface area contributed by atoms with Gasteiger partial charge in [-0.3, -0.25) is 9.78 Å². The Labute approximate surface area is 239 Å². The highest BCUT2D eigenvalue weighted by atomic mass is 16.5. The Morgan fingerprint density at radius 3 is 2.12 bits per heavy atom. The van der Waals surface area contributed by atoms with Crippen LogP contribution in [0.3, 0.4) is 0 Å². The van der Waals surface area contributed by atoms with Gasteiger partial charge in [0.05, 0.1) is 0 Å². The van der Waals surface area contributed by atoms with E-state index >= 15 is 0 Å². The Balaban J connectivity index is 1.25. The van der Waals surface area contributed by atoms with Gasteiger partial charge in [0.15, 0.2) is 0 Å². The molecule has 4 aromatic carbocycles. The van der Waals surface area contributed by atoms with E-state index in [0.717, 1.165) is 33.2 Å². The summed E-state index contributed by atoms with van der Waals surface area (Å²) in [5, 5.41) is 14.0. The van der Waals surface area contributed by atoms with Crippen LogP contribution in [0.5, 0.6) is 11.5 Å². The molecule has 2 N–H and O–H groups in total. The van der Waals surface area contributed by atoms with Crippen LogP contribution in [-0.4, -0.2) is 28.0 Å². The largest absolute Gasteiger partial charge is 0.480 e. The van der Waals surface area contributed by atoms with Gasteiger partial charge < -0.3 is 15.2 Å². The maximum Gasteiger partial charge on any atom is 0.326 e. The van der Waals surface area contributed by atoms with E-state index in [1.807, 2.05) is 84.9 Å². The molecule has 0 aliphatic carbocycles. The van der Waals surface area contributed by atoms with Crippen molar-refractivity contribution in [1.82, 2.24) is 10.3 Å². The van der Waals surface area contributed by atoms with E-state index in [2.05, 4.69) is 43.2 Å². The molecule has 0 aliphatic heterocycles. The Morgan fingerprint density at radius 2 is 1.46 bits per heavy atom. The van der Waals surface area contributed by atoms with Gasteiger partial charge in [0.1, 0.15) is 23.2 Å².